The maximum Gasteiger partial charge on any atom is 0.164 e. The number of benzene rings is 1. The molecule has 0 aromatic heterocycles. The molecule has 1 radical (unpaired) electrons. The molecule has 0 spiro atoms. The summed E-state index contributed by atoms with van der Waals surface area (Å²) in [7, 11) is 1.60. The van der Waals surface area contributed by atoms with Crippen molar-refractivity contribution in [2.45, 2.75) is 19.3 Å². The predicted molar refractivity (Wildman–Crippen MR) is 64.0 cm³/mol. The van der Waals surface area contributed by atoms with Gasteiger partial charge in [-0.1, -0.05) is 19.1 Å². The summed E-state index contributed by atoms with van der Waals surface area (Å²) in [5.41, 5.74) is 0.874. The fraction of sp³-hybridized carbons (Fsp3) is 0.462. The molecule has 1 aromatic carbocycles. The molecule has 0 bridgehead atoms. The zero-order valence-corrected chi connectivity index (χ0v) is 9.90. The molecule has 0 aliphatic carbocycles. The Balaban J connectivity index is 3.00. The molecule has 0 fully saturated rings. The Morgan fingerprint density at radius 1 is 1.44 bits per heavy atom. The second kappa shape index (κ2) is 6.38. The molecule has 0 aliphatic heterocycles. The van der Waals surface area contributed by atoms with Crippen LogP contribution in [0.5, 0.6) is 11.5 Å². The van der Waals surface area contributed by atoms with Gasteiger partial charge in [0.1, 0.15) is 0 Å². The van der Waals surface area contributed by atoms with Crippen LogP contribution in [0.15, 0.2) is 18.2 Å². The van der Waals surface area contributed by atoms with Gasteiger partial charge in [-0.2, -0.15) is 0 Å². The molecule has 1 aromatic rings. The molecule has 3 heteroatoms. The highest BCUT2D eigenvalue weighted by Gasteiger charge is 2.14. The predicted octanol–water partition coefficient (Wildman–Crippen LogP) is 2.39. The smallest absolute Gasteiger partial charge is 0.164 e. The third-order valence-electron chi connectivity index (χ3n) is 2.34. The van der Waals surface area contributed by atoms with Crippen LogP contribution in [0.3, 0.4) is 0 Å². The number of ether oxygens (including phenoxy) is 2. The maximum atomic E-state index is 9.12. The van der Waals surface area contributed by atoms with E-state index in [9.17, 15) is 0 Å². The zero-order chi connectivity index (χ0) is 12.0. The Bertz CT molecular complexity index is 323. The van der Waals surface area contributed by atoms with Crippen LogP contribution in [0.4, 0.5) is 0 Å². The van der Waals surface area contributed by atoms with Gasteiger partial charge in [0.15, 0.2) is 11.5 Å². The van der Waals surface area contributed by atoms with E-state index in [-0.39, 0.29) is 12.5 Å². The quantitative estimate of drug-likeness (QED) is 0.804. The SMILES string of the molecule is [CH2]C(CO)c1cccc(OCCC)c1OC. The van der Waals surface area contributed by atoms with Crippen molar-refractivity contribution in [2.75, 3.05) is 20.3 Å². The van der Waals surface area contributed by atoms with E-state index in [4.69, 9.17) is 14.6 Å². The first kappa shape index (κ1) is 12.8. The molecule has 0 heterocycles. The van der Waals surface area contributed by atoms with Crippen LogP contribution in [-0.4, -0.2) is 25.4 Å². The summed E-state index contributed by atoms with van der Waals surface area (Å²) in [6, 6.07) is 5.64. The first-order chi connectivity index (χ1) is 7.74. The monoisotopic (exact) mass is 223 g/mol. The van der Waals surface area contributed by atoms with Gasteiger partial charge in [-0.15, -0.1) is 0 Å². The lowest BCUT2D eigenvalue weighted by Crippen LogP contribution is -2.05. The van der Waals surface area contributed by atoms with Crippen LogP contribution in [0, 0.1) is 6.92 Å². The minimum Gasteiger partial charge on any atom is -0.493 e. The number of rotatable bonds is 6. The molecular weight excluding hydrogens is 204 g/mol. The summed E-state index contributed by atoms with van der Waals surface area (Å²) >= 11 is 0. The lowest BCUT2D eigenvalue weighted by atomic mass is 10.0. The van der Waals surface area contributed by atoms with Crippen LogP contribution >= 0.6 is 0 Å². The Morgan fingerprint density at radius 2 is 2.19 bits per heavy atom. The standard InChI is InChI=1S/C13H19O3/c1-4-8-16-12-7-5-6-11(10(2)9-14)13(12)15-3/h5-7,10,14H,2,4,8-9H2,1,3H3. The van der Waals surface area contributed by atoms with Gasteiger partial charge in [-0.05, 0) is 19.4 Å². The fourth-order valence-corrected chi connectivity index (χ4v) is 1.50. The molecular formula is C13H19O3. The summed E-state index contributed by atoms with van der Waals surface area (Å²) in [5.74, 6) is 1.19. The lowest BCUT2D eigenvalue weighted by Gasteiger charge is -2.17. The van der Waals surface area contributed by atoms with E-state index >= 15 is 0 Å². The Hall–Kier alpha value is -1.22. The minimum absolute atomic E-state index is 0.00636. The molecule has 0 amide bonds. The fourth-order valence-electron chi connectivity index (χ4n) is 1.50. The van der Waals surface area contributed by atoms with Crippen molar-refractivity contribution in [1.29, 1.82) is 0 Å². The summed E-state index contributed by atoms with van der Waals surface area (Å²) in [5, 5.41) is 9.12. The minimum atomic E-state index is -0.194. The van der Waals surface area contributed by atoms with Gasteiger partial charge in [0, 0.05) is 11.5 Å². The van der Waals surface area contributed by atoms with Gasteiger partial charge < -0.3 is 14.6 Å². The average molecular weight is 223 g/mol. The van der Waals surface area contributed by atoms with E-state index in [2.05, 4.69) is 6.92 Å². The summed E-state index contributed by atoms with van der Waals surface area (Å²) in [6.45, 7) is 6.57. The van der Waals surface area contributed by atoms with Crippen LogP contribution in [0.2, 0.25) is 0 Å². The first-order valence-electron chi connectivity index (χ1n) is 5.48. The maximum absolute atomic E-state index is 9.12. The Labute approximate surface area is 97.0 Å². The number of aliphatic hydroxyl groups excluding tert-OH is 1. The van der Waals surface area contributed by atoms with Gasteiger partial charge >= 0.3 is 0 Å². The van der Waals surface area contributed by atoms with Crippen LogP contribution in [0.1, 0.15) is 24.8 Å². The third-order valence-corrected chi connectivity index (χ3v) is 2.34. The molecule has 0 aliphatic rings. The Kier molecular flexibility index (Phi) is 5.12. The van der Waals surface area contributed by atoms with E-state index in [0.717, 1.165) is 12.0 Å². The van der Waals surface area contributed by atoms with E-state index in [1.807, 2.05) is 25.1 Å². The van der Waals surface area contributed by atoms with Crippen LogP contribution in [0.25, 0.3) is 0 Å². The topological polar surface area (TPSA) is 38.7 Å². The van der Waals surface area contributed by atoms with E-state index in [1.165, 1.54) is 0 Å². The second-order valence-electron chi connectivity index (χ2n) is 3.61. The number of hydrogen-bond acceptors (Lipinski definition) is 3. The van der Waals surface area contributed by atoms with Gasteiger partial charge in [0.2, 0.25) is 0 Å². The largest absolute Gasteiger partial charge is 0.493 e. The number of aliphatic hydroxyl groups is 1. The normalized spacial score (nSPS) is 12.2. The van der Waals surface area contributed by atoms with E-state index < -0.39 is 0 Å². The molecule has 1 rings (SSSR count). The molecule has 0 saturated carbocycles. The van der Waals surface area contributed by atoms with Crippen molar-refractivity contribution in [3.63, 3.8) is 0 Å². The Morgan fingerprint density at radius 3 is 2.75 bits per heavy atom. The highest BCUT2D eigenvalue weighted by Crippen LogP contribution is 2.35. The van der Waals surface area contributed by atoms with Gasteiger partial charge in [0.25, 0.3) is 0 Å². The van der Waals surface area contributed by atoms with Crippen molar-refractivity contribution in [3.8, 4) is 11.5 Å². The van der Waals surface area contributed by atoms with Crippen molar-refractivity contribution < 1.29 is 14.6 Å². The highest BCUT2D eigenvalue weighted by atomic mass is 16.5. The number of hydrogen-bond donors (Lipinski definition) is 1. The van der Waals surface area contributed by atoms with Gasteiger partial charge in [-0.25, -0.2) is 0 Å². The highest BCUT2D eigenvalue weighted by molar-refractivity contribution is 5.48. The molecule has 0 saturated heterocycles. The van der Waals surface area contributed by atoms with E-state index in [1.54, 1.807) is 7.11 Å². The average Bonchev–Trinajstić information content (AvgIpc) is 2.34. The van der Waals surface area contributed by atoms with Crippen molar-refractivity contribution in [2.24, 2.45) is 0 Å². The van der Waals surface area contributed by atoms with Crippen molar-refractivity contribution in [3.05, 3.63) is 30.7 Å². The molecule has 1 atom stereocenters. The van der Waals surface area contributed by atoms with E-state index in [0.29, 0.717) is 18.1 Å². The summed E-state index contributed by atoms with van der Waals surface area (Å²) in [4.78, 5) is 0. The van der Waals surface area contributed by atoms with Gasteiger partial charge in [0.05, 0.1) is 20.3 Å². The molecule has 3 nitrogen and oxygen atoms in total. The van der Waals surface area contributed by atoms with Crippen LogP contribution < -0.4 is 9.47 Å². The first-order valence-corrected chi connectivity index (χ1v) is 5.48. The molecule has 1 N–H and O–H groups in total. The molecule has 1 unspecified atom stereocenters. The van der Waals surface area contributed by atoms with Crippen molar-refractivity contribution in [1.82, 2.24) is 0 Å². The molecule has 89 valence electrons. The third kappa shape index (κ3) is 2.89. The summed E-state index contributed by atoms with van der Waals surface area (Å²) in [6.07, 6.45) is 0.946. The van der Waals surface area contributed by atoms with Gasteiger partial charge in [-0.3, -0.25) is 0 Å². The number of methoxy groups -OCH3 is 1. The number of para-hydroxylation sites is 1. The molecule has 16 heavy (non-hydrogen) atoms. The van der Waals surface area contributed by atoms with Crippen LogP contribution in [-0.2, 0) is 0 Å². The van der Waals surface area contributed by atoms with Crippen molar-refractivity contribution >= 4 is 0 Å². The second-order valence-corrected chi connectivity index (χ2v) is 3.61. The zero-order valence-electron chi connectivity index (χ0n) is 9.90. The summed E-state index contributed by atoms with van der Waals surface area (Å²) < 4.78 is 10.9. The lowest BCUT2D eigenvalue weighted by molar-refractivity contribution is 0.272.